The summed E-state index contributed by atoms with van der Waals surface area (Å²) in [6.07, 6.45) is 1.96. The average Bonchev–Trinajstić information content (AvgIpc) is 2.37. The van der Waals surface area contributed by atoms with Crippen LogP contribution in [0.15, 0.2) is 36.4 Å². The van der Waals surface area contributed by atoms with Gasteiger partial charge >= 0.3 is 11.9 Å². The van der Waals surface area contributed by atoms with Gasteiger partial charge in [-0.25, -0.2) is 9.59 Å². The molecule has 100 valence electrons. The Kier molecular flexibility index (Phi) is 5.28. The second-order valence-corrected chi connectivity index (χ2v) is 3.43. The fourth-order valence-corrected chi connectivity index (χ4v) is 1.29. The van der Waals surface area contributed by atoms with E-state index in [1.54, 1.807) is 19.1 Å². The number of carboxylic acids is 1. The lowest BCUT2D eigenvalue weighted by atomic mass is 10.2. The number of amides is 1. The average molecular weight is 263 g/mol. The molecule has 0 saturated heterocycles. The number of nitrogens with one attached hydrogen (secondary N) is 1. The Morgan fingerprint density at radius 2 is 1.95 bits per heavy atom. The molecule has 0 saturated carbocycles. The van der Waals surface area contributed by atoms with Gasteiger partial charge in [0.2, 0.25) is 5.91 Å². The first-order valence-electron chi connectivity index (χ1n) is 5.52. The molecule has 0 spiro atoms. The van der Waals surface area contributed by atoms with Crippen LogP contribution in [0, 0.1) is 0 Å². The Morgan fingerprint density at radius 1 is 1.26 bits per heavy atom. The third-order valence-corrected chi connectivity index (χ3v) is 2.07. The van der Waals surface area contributed by atoms with E-state index in [4.69, 9.17) is 5.11 Å². The van der Waals surface area contributed by atoms with Gasteiger partial charge < -0.3 is 15.2 Å². The van der Waals surface area contributed by atoms with Crippen molar-refractivity contribution in [2.75, 3.05) is 11.9 Å². The third-order valence-electron chi connectivity index (χ3n) is 2.07. The molecule has 0 aliphatic carbocycles. The fraction of sp³-hybridized carbons (Fsp3) is 0.154. The number of rotatable bonds is 5. The molecular formula is C13H13NO5. The van der Waals surface area contributed by atoms with Crippen LogP contribution in [0.25, 0.3) is 0 Å². The van der Waals surface area contributed by atoms with Crippen LogP contribution in [0.1, 0.15) is 17.3 Å². The minimum atomic E-state index is -1.15. The molecule has 0 bridgehead atoms. The summed E-state index contributed by atoms with van der Waals surface area (Å²) in [7, 11) is 0. The van der Waals surface area contributed by atoms with Crippen molar-refractivity contribution in [3.63, 3.8) is 0 Å². The van der Waals surface area contributed by atoms with Crippen molar-refractivity contribution in [3.05, 3.63) is 42.0 Å². The number of para-hydroxylation sites is 1. The van der Waals surface area contributed by atoms with Crippen LogP contribution in [0.4, 0.5) is 5.69 Å². The van der Waals surface area contributed by atoms with Crippen LogP contribution in [0.3, 0.4) is 0 Å². The summed E-state index contributed by atoms with van der Waals surface area (Å²) in [4.78, 5) is 33.4. The number of anilines is 1. The van der Waals surface area contributed by atoms with E-state index in [1.165, 1.54) is 12.1 Å². The maximum absolute atomic E-state index is 11.5. The fourth-order valence-electron chi connectivity index (χ4n) is 1.29. The minimum Gasteiger partial charge on any atom is -0.478 e. The molecule has 0 radical (unpaired) electrons. The monoisotopic (exact) mass is 263 g/mol. The maximum Gasteiger partial charge on any atom is 0.337 e. The molecular weight excluding hydrogens is 250 g/mol. The number of carboxylic acid groups (broad SMARTS) is 1. The van der Waals surface area contributed by atoms with Crippen LogP contribution in [-0.4, -0.2) is 29.6 Å². The number of carbonyl (C=O) groups excluding carboxylic acids is 2. The lowest BCUT2D eigenvalue weighted by Gasteiger charge is -2.05. The van der Waals surface area contributed by atoms with Crippen molar-refractivity contribution in [3.8, 4) is 0 Å². The summed E-state index contributed by atoms with van der Waals surface area (Å²) < 4.78 is 4.60. The standard InChI is InChI=1S/C13H13NO5/c1-2-19-12(16)8-7-11(15)14-10-6-4-3-5-9(10)13(17)18/h3-8H,2H2,1H3,(H,14,15)(H,17,18)/b8-7+. The molecule has 1 rings (SSSR count). The van der Waals surface area contributed by atoms with E-state index in [1.807, 2.05) is 0 Å². The van der Waals surface area contributed by atoms with Gasteiger partial charge in [0.05, 0.1) is 17.9 Å². The number of ether oxygens (including phenoxy) is 1. The van der Waals surface area contributed by atoms with Crippen LogP contribution in [-0.2, 0) is 14.3 Å². The Hall–Kier alpha value is -2.63. The highest BCUT2D eigenvalue weighted by Gasteiger charge is 2.10. The Labute approximate surface area is 109 Å². The van der Waals surface area contributed by atoms with Crippen molar-refractivity contribution in [2.24, 2.45) is 0 Å². The highest BCUT2D eigenvalue weighted by Crippen LogP contribution is 2.14. The van der Waals surface area contributed by atoms with Gasteiger partial charge in [-0.05, 0) is 19.1 Å². The molecule has 0 unspecified atom stereocenters. The lowest BCUT2D eigenvalue weighted by molar-refractivity contribution is -0.137. The van der Waals surface area contributed by atoms with Crippen LogP contribution in [0.2, 0.25) is 0 Å². The second kappa shape index (κ2) is 6.95. The molecule has 0 atom stereocenters. The molecule has 1 aromatic rings. The molecule has 1 aromatic carbocycles. The van der Waals surface area contributed by atoms with Gasteiger partial charge in [-0.15, -0.1) is 0 Å². The van der Waals surface area contributed by atoms with Crippen molar-refractivity contribution in [1.29, 1.82) is 0 Å². The molecule has 0 aliphatic rings. The highest BCUT2D eigenvalue weighted by molar-refractivity contribution is 6.06. The van der Waals surface area contributed by atoms with Gasteiger partial charge in [0.1, 0.15) is 0 Å². The topological polar surface area (TPSA) is 92.7 Å². The van der Waals surface area contributed by atoms with Crippen molar-refractivity contribution < 1.29 is 24.2 Å². The maximum atomic E-state index is 11.5. The van der Waals surface area contributed by atoms with Gasteiger partial charge in [0, 0.05) is 12.2 Å². The molecule has 0 aliphatic heterocycles. The summed E-state index contributed by atoms with van der Waals surface area (Å²) >= 11 is 0. The number of hydrogen-bond donors (Lipinski definition) is 2. The number of carbonyl (C=O) groups is 3. The number of esters is 1. The van der Waals surface area contributed by atoms with E-state index in [2.05, 4.69) is 10.1 Å². The van der Waals surface area contributed by atoms with Crippen molar-refractivity contribution in [2.45, 2.75) is 6.92 Å². The molecule has 2 N–H and O–H groups in total. The van der Waals surface area contributed by atoms with Gasteiger partial charge in [0.25, 0.3) is 0 Å². The van der Waals surface area contributed by atoms with E-state index in [-0.39, 0.29) is 17.9 Å². The number of benzene rings is 1. The summed E-state index contributed by atoms with van der Waals surface area (Å²) in [5, 5.41) is 11.3. The van der Waals surface area contributed by atoms with Gasteiger partial charge in [-0.2, -0.15) is 0 Å². The Balaban J connectivity index is 2.72. The van der Waals surface area contributed by atoms with E-state index < -0.39 is 17.8 Å². The first-order valence-corrected chi connectivity index (χ1v) is 5.52. The van der Waals surface area contributed by atoms with Crippen molar-refractivity contribution in [1.82, 2.24) is 0 Å². The molecule has 0 aromatic heterocycles. The van der Waals surface area contributed by atoms with Crippen LogP contribution >= 0.6 is 0 Å². The molecule has 6 nitrogen and oxygen atoms in total. The Bertz CT molecular complexity index is 522. The quantitative estimate of drug-likeness (QED) is 0.619. The molecule has 0 fully saturated rings. The SMILES string of the molecule is CCOC(=O)/C=C/C(=O)Nc1ccccc1C(=O)O. The highest BCUT2D eigenvalue weighted by atomic mass is 16.5. The van der Waals surface area contributed by atoms with Gasteiger partial charge in [0.15, 0.2) is 0 Å². The summed E-state index contributed by atoms with van der Waals surface area (Å²) in [6.45, 7) is 1.86. The van der Waals surface area contributed by atoms with E-state index >= 15 is 0 Å². The van der Waals surface area contributed by atoms with Gasteiger partial charge in [-0.3, -0.25) is 4.79 Å². The second-order valence-electron chi connectivity index (χ2n) is 3.43. The third kappa shape index (κ3) is 4.63. The van der Waals surface area contributed by atoms with Gasteiger partial charge in [-0.1, -0.05) is 12.1 Å². The first-order chi connectivity index (χ1) is 9.04. The van der Waals surface area contributed by atoms with E-state index in [9.17, 15) is 14.4 Å². The summed E-state index contributed by atoms with van der Waals surface area (Å²) in [5.41, 5.74) is 0.133. The van der Waals surface area contributed by atoms with E-state index in [0.717, 1.165) is 12.2 Å². The zero-order chi connectivity index (χ0) is 14.3. The number of aromatic carboxylic acids is 1. The predicted octanol–water partition coefficient (Wildman–Crippen LogP) is 1.44. The number of hydrogen-bond acceptors (Lipinski definition) is 4. The molecule has 1 amide bonds. The summed E-state index contributed by atoms with van der Waals surface area (Å²) in [5.74, 6) is -2.39. The predicted molar refractivity (Wildman–Crippen MR) is 67.8 cm³/mol. The van der Waals surface area contributed by atoms with Crippen molar-refractivity contribution >= 4 is 23.5 Å². The lowest BCUT2D eigenvalue weighted by Crippen LogP contribution is -2.12. The molecule has 0 heterocycles. The summed E-state index contributed by atoms with van der Waals surface area (Å²) in [6, 6.07) is 5.97. The molecule has 6 heteroatoms. The zero-order valence-corrected chi connectivity index (χ0v) is 10.3. The normalized spacial score (nSPS) is 10.2. The first kappa shape index (κ1) is 14.4. The van der Waals surface area contributed by atoms with Crippen LogP contribution < -0.4 is 5.32 Å². The molecule has 19 heavy (non-hydrogen) atoms. The minimum absolute atomic E-state index is 0.0274. The largest absolute Gasteiger partial charge is 0.478 e. The van der Waals surface area contributed by atoms with E-state index in [0.29, 0.717) is 0 Å². The smallest absolute Gasteiger partial charge is 0.337 e. The zero-order valence-electron chi connectivity index (χ0n) is 10.3. The Morgan fingerprint density at radius 3 is 2.58 bits per heavy atom. The van der Waals surface area contributed by atoms with Crippen LogP contribution in [0.5, 0.6) is 0 Å².